The fraction of sp³-hybridized carbons (Fsp3) is 1.00. The van der Waals surface area contributed by atoms with Gasteiger partial charge in [-0.15, -0.1) is 12.4 Å². The van der Waals surface area contributed by atoms with E-state index in [4.69, 9.17) is 5.73 Å². The Kier molecular flexibility index (Phi) is 6.07. The second kappa shape index (κ2) is 6.72. The van der Waals surface area contributed by atoms with Crippen molar-refractivity contribution in [1.82, 2.24) is 8.61 Å². The highest BCUT2D eigenvalue weighted by atomic mass is 35.5. The highest BCUT2D eigenvalue weighted by molar-refractivity contribution is 7.86. The van der Waals surface area contributed by atoms with Crippen LogP contribution in [0.5, 0.6) is 0 Å². The minimum absolute atomic E-state index is 0. The van der Waals surface area contributed by atoms with Gasteiger partial charge in [0.1, 0.15) is 0 Å². The van der Waals surface area contributed by atoms with Crippen LogP contribution in [0, 0.1) is 11.8 Å². The average molecular weight is 312 g/mol. The van der Waals surface area contributed by atoms with Crippen LogP contribution in [-0.2, 0) is 10.2 Å². The third-order valence-corrected chi connectivity index (χ3v) is 6.32. The van der Waals surface area contributed by atoms with Gasteiger partial charge in [-0.05, 0) is 37.5 Å². The molecule has 1 heterocycles. The van der Waals surface area contributed by atoms with E-state index in [1.165, 1.54) is 4.31 Å². The Morgan fingerprint density at radius 1 is 1.26 bits per heavy atom. The molecule has 0 aromatic carbocycles. The van der Waals surface area contributed by atoms with Crippen molar-refractivity contribution >= 4 is 22.6 Å². The van der Waals surface area contributed by atoms with E-state index in [2.05, 4.69) is 6.92 Å². The Hall–Kier alpha value is 0.120. The molecular formula is C12H26ClN3O2S. The number of rotatable bonds is 5. The van der Waals surface area contributed by atoms with Gasteiger partial charge in [-0.2, -0.15) is 17.0 Å². The number of likely N-dealkylation sites (N-methyl/N-ethyl adjacent to an activating group) is 1. The molecule has 114 valence electrons. The van der Waals surface area contributed by atoms with Crippen molar-refractivity contribution in [3.05, 3.63) is 0 Å². The average Bonchev–Trinajstić information content (AvgIpc) is 3.15. The summed E-state index contributed by atoms with van der Waals surface area (Å²) < 4.78 is 28.2. The zero-order chi connectivity index (χ0) is 13.3. The minimum atomic E-state index is -3.32. The lowest BCUT2D eigenvalue weighted by Crippen LogP contribution is -2.51. The van der Waals surface area contributed by atoms with Gasteiger partial charge in [0.2, 0.25) is 0 Å². The Morgan fingerprint density at radius 2 is 1.79 bits per heavy atom. The predicted octanol–water partition coefficient (Wildman–Crippen LogP) is 1.05. The Labute approximate surface area is 123 Å². The number of hydrogen-bond donors (Lipinski definition) is 1. The summed E-state index contributed by atoms with van der Waals surface area (Å²) in [5.74, 6) is 1.11. The molecule has 1 unspecified atom stereocenters. The molecular weight excluding hydrogens is 286 g/mol. The lowest BCUT2D eigenvalue weighted by atomic mass is 10.0. The highest BCUT2D eigenvalue weighted by Gasteiger charge is 2.40. The van der Waals surface area contributed by atoms with Crippen molar-refractivity contribution in [3.63, 3.8) is 0 Å². The maximum absolute atomic E-state index is 12.5. The third-order valence-electron chi connectivity index (χ3n) is 4.31. The lowest BCUT2D eigenvalue weighted by molar-refractivity contribution is 0.251. The van der Waals surface area contributed by atoms with E-state index < -0.39 is 10.2 Å². The minimum Gasteiger partial charge on any atom is -0.329 e. The van der Waals surface area contributed by atoms with Gasteiger partial charge in [-0.1, -0.05) is 6.92 Å². The Balaban J connectivity index is 0.00000180. The molecule has 0 amide bonds. The molecule has 1 atom stereocenters. The van der Waals surface area contributed by atoms with E-state index in [0.717, 1.165) is 25.7 Å². The summed E-state index contributed by atoms with van der Waals surface area (Å²) in [4.78, 5) is 0. The van der Waals surface area contributed by atoms with Crippen LogP contribution in [0.25, 0.3) is 0 Å². The largest absolute Gasteiger partial charge is 0.329 e. The summed E-state index contributed by atoms with van der Waals surface area (Å²) in [6.07, 6.45) is 4.14. The normalized spacial score (nSPS) is 24.2. The molecule has 0 bridgehead atoms. The first kappa shape index (κ1) is 17.2. The molecule has 2 N–H and O–H groups in total. The lowest BCUT2D eigenvalue weighted by Gasteiger charge is -2.35. The van der Waals surface area contributed by atoms with Crippen LogP contribution in [0.3, 0.4) is 0 Å². The Morgan fingerprint density at radius 3 is 2.21 bits per heavy atom. The van der Waals surface area contributed by atoms with Crippen molar-refractivity contribution < 1.29 is 8.42 Å². The fourth-order valence-corrected chi connectivity index (χ4v) is 4.32. The van der Waals surface area contributed by atoms with E-state index in [0.29, 0.717) is 31.5 Å². The van der Waals surface area contributed by atoms with E-state index in [9.17, 15) is 8.42 Å². The smallest absolute Gasteiger partial charge is 0.282 e. The summed E-state index contributed by atoms with van der Waals surface area (Å²) in [5, 5.41) is 0. The zero-order valence-electron chi connectivity index (χ0n) is 11.8. The third kappa shape index (κ3) is 3.82. The van der Waals surface area contributed by atoms with Crippen LogP contribution in [0.15, 0.2) is 0 Å². The molecule has 2 fully saturated rings. The van der Waals surface area contributed by atoms with Crippen molar-refractivity contribution in [2.75, 3.05) is 26.7 Å². The van der Waals surface area contributed by atoms with Gasteiger partial charge < -0.3 is 5.73 Å². The standard InChI is InChI=1S/C12H25N3O2S.ClH/c1-10-5-7-15(8-6-10)18(16,17)14(2)12(9-13)11-3-4-11;/h10-12H,3-9,13H2,1-2H3;1H. The summed E-state index contributed by atoms with van der Waals surface area (Å²) in [7, 11) is -1.63. The van der Waals surface area contributed by atoms with Gasteiger partial charge in [0.05, 0.1) is 0 Å². The SMILES string of the molecule is CC1CCN(S(=O)(=O)N(C)C(CN)C2CC2)CC1.Cl. The second-order valence-electron chi connectivity index (χ2n) is 5.75. The topological polar surface area (TPSA) is 66.6 Å². The number of halogens is 1. The quantitative estimate of drug-likeness (QED) is 0.825. The van der Waals surface area contributed by atoms with Gasteiger partial charge in [-0.25, -0.2) is 0 Å². The van der Waals surface area contributed by atoms with E-state index in [1.54, 1.807) is 11.4 Å². The number of piperidine rings is 1. The molecule has 1 aliphatic heterocycles. The van der Waals surface area contributed by atoms with Crippen molar-refractivity contribution in [1.29, 1.82) is 0 Å². The summed E-state index contributed by atoms with van der Waals surface area (Å²) in [6.45, 7) is 3.90. The van der Waals surface area contributed by atoms with Gasteiger partial charge in [0, 0.05) is 32.7 Å². The molecule has 0 aromatic heterocycles. The maximum atomic E-state index is 12.5. The summed E-state index contributed by atoms with van der Waals surface area (Å²) >= 11 is 0. The monoisotopic (exact) mass is 311 g/mol. The molecule has 19 heavy (non-hydrogen) atoms. The molecule has 1 saturated heterocycles. The van der Waals surface area contributed by atoms with Crippen molar-refractivity contribution in [3.8, 4) is 0 Å². The first-order valence-electron chi connectivity index (χ1n) is 6.90. The number of nitrogens with zero attached hydrogens (tertiary/aromatic N) is 2. The Bertz CT molecular complexity index is 378. The van der Waals surface area contributed by atoms with Gasteiger partial charge >= 0.3 is 0 Å². The number of nitrogens with two attached hydrogens (primary N) is 1. The zero-order valence-corrected chi connectivity index (χ0v) is 13.4. The molecule has 2 rings (SSSR count). The van der Waals surface area contributed by atoms with Crippen molar-refractivity contribution in [2.24, 2.45) is 17.6 Å². The summed E-state index contributed by atoms with van der Waals surface area (Å²) in [5.41, 5.74) is 5.74. The fourth-order valence-electron chi connectivity index (χ4n) is 2.69. The summed E-state index contributed by atoms with van der Waals surface area (Å²) in [6, 6.07) is -0.0191. The molecule has 0 aromatic rings. The molecule has 5 nitrogen and oxygen atoms in total. The molecule has 1 aliphatic carbocycles. The first-order valence-corrected chi connectivity index (χ1v) is 8.29. The molecule has 2 aliphatic rings. The molecule has 1 saturated carbocycles. The highest BCUT2D eigenvalue weighted by Crippen LogP contribution is 2.36. The van der Waals surface area contributed by atoms with Crippen LogP contribution in [-0.4, -0.2) is 49.8 Å². The van der Waals surface area contributed by atoms with Gasteiger partial charge in [-0.3, -0.25) is 0 Å². The maximum Gasteiger partial charge on any atom is 0.282 e. The van der Waals surface area contributed by atoms with E-state index in [-0.39, 0.29) is 18.4 Å². The van der Waals surface area contributed by atoms with E-state index >= 15 is 0 Å². The predicted molar refractivity (Wildman–Crippen MR) is 79.5 cm³/mol. The molecule has 0 radical (unpaired) electrons. The molecule has 7 heteroatoms. The van der Waals surface area contributed by atoms with Crippen molar-refractivity contribution in [2.45, 2.75) is 38.6 Å². The van der Waals surface area contributed by atoms with Crippen LogP contribution in [0.4, 0.5) is 0 Å². The van der Waals surface area contributed by atoms with Crippen LogP contribution in [0.2, 0.25) is 0 Å². The van der Waals surface area contributed by atoms with Gasteiger partial charge in [0.15, 0.2) is 0 Å². The van der Waals surface area contributed by atoms with E-state index in [1.807, 2.05) is 0 Å². The van der Waals surface area contributed by atoms with Gasteiger partial charge in [0.25, 0.3) is 10.2 Å². The molecule has 0 spiro atoms. The first-order chi connectivity index (χ1) is 8.46. The van der Waals surface area contributed by atoms with Crippen LogP contribution in [0.1, 0.15) is 32.6 Å². The second-order valence-corrected chi connectivity index (χ2v) is 7.73. The van der Waals surface area contributed by atoms with Crippen LogP contribution >= 0.6 is 12.4 Å². The van der Waals surface area contributed by atoms with Crippen LogP contribution < -0.4 is 5.73 Å². The number of hydrogen-bond acceptors (Lipinski definition) is 3.